The molecule has 1 aromatic heterocycles. The summed E-state index contributed by atoms with van der Waals surface area (Å²) in [7, 11) is 0. The molecule has 1 aliphatic heterocycles. The number of hydrogen-bond acceptors (Lipinski definition) is 3. The van der Waals surface area contributed by atoms with Crippen molar-refractivity contribution in [1.29, 1.82) is 0 Å². The second-order valence-corrected chi connectivity index (χ2v) is 7.70. The van der Waals surface area contributed by atoms with Crippen LogP contribution in [0.5, 0.6) is 0 Å². The lowest BCUT2D eigenvalue weighted by molar-refractivity contribution is 0.101. The number of ketones is 1. The van der Waals surface area contributed by atoms with E-state index in [0.29, 0.717) is 41.0 Å². The maximum absolute atomic E-state index is 12.9. The van der Waals surface area contributed by atoms with Gasteiger partial charge in [-0.1, -0.05) is 29.8 Å². The summed E-state index contributed by atoms with van der Waals surface area (Å²) in [5.74, 6) is -0.358. The molecule has 3 N–H and O–H groups in total. The van der Waals surface area contributed by atoms with E-state index in [0.717, 1.165) is 5.69 Å². The molecule has 0 radical (unpaired) electrons. The average Bonchev–Trinajstić information content (AvgIpc) is 3.09. The fraction of sp³-hybridized carbons (Fsp3) is 0.174. The molecule has 2 aromatic carbocycles. The Balaban J connectivity index is 1.49. The minimum absolute atomic E-state index is 0.0351. The molecular weight excluding hydrogens is 416 g/mol. The molecule has 2 heterocycles. The third-order valence-corrected chi connectivity index (χ3v) is 5.50. The normalized spacial score (nSPS) is 12.8. The molecule has 7 nitrogen and oxygen atoms in total. The Labute approximate surface area is 184 Å². The van der Waals surface area contributed by atoms with Gasteiger partial charge in [0.1, 0.15) is 5.15 Å². The second kappa shape index (κ2) is 8.65. The molecular formula is C23H21ClN4O3. The van der Waals surface area contributed by atoms with Gasteiger partial charge >= 0.3 is 6.03 Å². The van der Waals surface area contributed by atoms with Gasteiger partial charge in [-0.05, 0) is 43.3 Å². The quantitative estimate of drug-likeness (QED) is 0.517. The van der Waals surface area contributed by atoms with E-state index < -0.39 is 0 Å². The molecule has 3 amide bonds. The third kappa shape index (κ3) is 4.46. The van der Waals surface area contributed by atoms with Crippen LogP contribution in [0.25, 0.3) is 0 Å². The number of benzene rings is 2. The number of Topliss-reactive ketones (excluding diaryl/α,β-unsaturated/α-hetero) is 1. The predicted octanol–water partition coefficient (Wildman–Crippen LogP) is 4.71. The van der Waals surface area contributed by atoms with Crippen molar-refractivity contribution >= 4 is 40.7 Å². The van der Waals surface area contributed by atoms with E-state index in [-0.39, 0.29) is 29.4 Å². The number of aromatic amines is 1. The topological polar surface area (TPSA) is 94.3 Å². The number of carbonyl (C=O) groups is 3. The Morgan fingerprint density at radius 1 is 0.968 bits per heavy atom. The molecule has 0 unspecified atom stereocenters. The molecule has 0 atom stereocenters. The Bertz CT molecular complexity index is 1140. The fourth-order valence-electron chi connectivity index (χ4n) is 3.57. The van der Waals surface area contributed by atoms with E-state index in [1.807, 2.05) is 18.2 Å². The standard InChI is InChI=1S/C23H21ClN4O3/c1-14(29)15-7-9-17(10-8-15)26-23(31)28-12-11-19-18(13-28)20(21(24)27-19)22(30)25-16-5-3-2-4-6-16/h2-10,27H,11-13H2,1H3,(H,25,30)(H,26,31). The monoisotopic (exact) mass is 436 g/mol. The van der Waals surface area contributed by atoms with Crippen molar-refractivity contribution in [3.8, 4) is 0 Å². The zero-order chi connectivity index (χ0) is 22.0. The van der Waals surface area contributed by atoms with E-state index >= 15 is 0 Å². The van der Waals surface area contributed by atoms with Crippen LogP contribution in [-0.4, -0.2) is 34.2 Å². The van der Waals surface area contributed by atoms with E-state index in [2.05, 4.69) is 15.6 Å². The van der Waals surface area contributed by atoms with Crippen molar-refractivity contribution in [2.45, 2.75) is 19.9 Å². The van der Waals surface area contributed by atoms with Crippen LogP contribution in [0.15, 0.2) is 54.6 Å². The maximum Gasteiger partial charge on any atom is 0.322 e. The summed E-state index contributed by atoms with van der Waals surface area (Å²) >= 11 is 6.33. The van der Waals surface area contributed by atoms with Gasteiger partial charge in [0.25, 0.3) is 5.91 Å². The zero-order valence-corrected chi connectivity index (χ0v) is 17.6. The van der Waals surface area contributed by atoms with Crippen LogP contribution in [0.3, 0.4) is 0 Å². The summed E-state index contributed by atoms with van der Waals surface area (Å²) < 4.78 is 0. The van der Waals surface area contributed by atoms with Gasteiger partial charge in [0.05, 0.1) is 12.1 Å². The number of carbonyl (C=O) groups excluding carboxylic acids is 3. The number of rotatable bonds is 4. The SMILES string of the molecule is CC(=O)c1ccc(NC(=O)N2CCc3[nH]c(Cl)c(C(=O)Nc4ccccc4)c3C2)cc1. The summed E-state index contributed by atoms with van der Waals surface area (Å²) in [4.78, 5) is 41.7. The molecule has 158 valence electrons. The predicted molar refractivity (Wildman–Crippen MR) is 120 cm³/mol. The van der Waals surface area contributed by atoms with E-state index in [1.54, 1.807) is 41.3 Å². The number of halogens is 1. The van der Waals surface area contributed by atoms with Crippen molar-refractivity contribution in [3.05, 3.63) is 82.1 Å². The van der Waals surface area contributed by atoms with Crippen molar-refractivity contribution in [2.24, 2.45) is 0 Å². The van der Waals surface area contributed by atoms with Gasteiger partial charge in [-0.15, -0.1) is 0 Å². The summed E-state index contributed by atoms with van der Waals surface area (Å²) in [6.07, 6.45) is 0.560. The van der Waals surface area contributed by atoms with Crippen molar-refractivity contribution in [3.63, 3.8) is 0 Å². The number of para-hydroxylation sites is 1. The minimum atomic E-state index is -0.323. The highest BCUT2D eigenvalue weighted by atomic mass is 35.5. The van der Waals surface area contributed by atoms with Crippen molar-refractivity contribution in [2.75, 3.05) is 17.2 Å². The lowest BCUT2D eigenvalue weighted by Crippen LogP contribution is -2.39. The third-order valence-electron chi connectivity index (χ3n) is 5.22. The van der Waals surface area contributed by atoms with Crippen LogP contribution in [0.2, 0.25) is 5.15 Å². The highest BCUT2D eigenvalue weighted by molar-refractivity contribution is 6.33. The molecule has 0 spiro atoms. The number of hydrogen-bond donors (Lipinski definition) is 3. The van der Waals surface area contributed by atoms with E-state index in [4.69, 9.17) is 11.6 Å². The number of nitrogens with one attached hydrogen (secondary N) is 3. The Hall–Kier alpha value is -3.58. The van der Waals surface area contributed by atoms with Crippen LogP contribution in [-0.2, 0) is 13.0 Å². The van der Waals surface area contributed by atoms with E-state index in [9.17, 15) is 14.4 Å². The van der Waals surface area contributed by atoms with Crippen LogP contribution in [0.1, 0.15) is 38.9 Å². The number of aromatic nitrogens is 1. The van der Waals surface area contributed by atoms with Gasteiger partial charge < -0.3 is 20.5 Å². The number of amides is 3. The minimum Gasteiger partial charge on any atom is -0.349 e. The number of nitrogens with zero attached hydrogens (tertiary/aromatic N) is 1. The largest absolute Gasteiger partial charge is 0.349 e. The number of fused-ring (bicyclic) bond motifs is 1. The first-order valence-electron chi connectivity index (χ1n) is 9.85. The van der Waals surface area contributed by atoms with E-state index in [1.165, 1.54) is 6.92 Å². The number of urea groups is 1. The molecule has 31 heavy (non-hydrogen) atoms. The van der Waals surface area contributed by atoms with Crippen molar-refractivity contribution < 1.29 is 14.4 Å². The number of anilines is 2. The van der Waals surface area contributed by atoms with Crippen LogP contribution < -0.4 is 10.6 Å². The first-order chi connectivity index (χ1) is 14.9. The number of H-pyrrole nitrogens is 1. The fourth-order valence-corrected chi connectivity index (χ4v) is 3.89. The summed E-state index contributed by atoms with van der Waals surface area (Å²) in [6, 6.07) is 15.6. The highest BCUT2D eigenvalue weighted by Gasteiger charge is 2.29. The highest BCUT2D eigenvalue weighted by Crippen LogP contribution is 2.29. The summed E-state index contributed by atoms with van der Waals surface area (Å²) in [6.45, 7) is 2.24. The van der Waals surface area contributed by atoms with Gasteiger partial charge in [-0.25, -0.2) is 4.79 Å². The molecule has 0 bridgehead atoms. The molecule has 4 rings (SSSR count). The molecule has 0 saturated carbocycles. The summed E-state index contributed by atoms with van der Waals surface area (Å²) in [5.41, 5.74) is 3.76. The van der Waals surface area contributed by atoms with Crippen molar-refractivity contribution in [1.82, 2.24) is 9.88 Å². The molecule has 0 aliphatic carbocycles. The lowest BCUT2D eigenvalue weighted by atomic mass is 10.0. The van der Waals surface area contributed by atoms with Gasteiger partial charge in [-0.3, -0.25) is 9.59 Å². The molecule has 0 fully saturated rings. The average molecular weight is 437 g/mol. The second-order valence-electron chi connectivity index (χ2n) is 7.33. The Morgan fingerprint density at radius 2 is 1.65 bits per heavy atom. The maximum atomic E-state index is 12.9. The van der Waals surface area contributed by atoms with Gasteiger partial charge in [0.2, 0.25) is 0 Å². The summed E-state index contributed by atoms with van der Waals surface area (Å²) in [5, 5.41) is 5.94. The Kier molecular flexibility index (Phi) is 5.77. The molecule has 1 aliphatic rings. The molecule has 0 saturated heterocycles. The first-order valence-corrected chi connectivity index (χ1v) is 10.2. The smallest absolute Gasteiger partial charge is 0.322 e. The zero-order valence-electron chi connectivity index (χ0n) is 16.9. The van der Waals surface area contributed by atoms with Gasteiger partial charge in [-0.2, -0.15) is 0 Å². The van der Waals surface area contributed by atoms with Gasteiger partial charge in [0.15, 0.2) is 5.78 Å². The lowest BCUT2D eigenvalue weighted by Gasteiger charge is -2.27. The van der Waals surface area contributed by atoms with Crippen LogP contribution >= 0.6 is 11.6 Å². The molecule has 3 aromatic rings. The molecule has 8 heteroatoms. The first kappa shape index (κ1) is 20.7. The Morgan fingerprint density at radius 3 is 2.32 bits per heavy atom. The van der Waals surface area contributed by atoms with Crippen LogP contribution in [0, 0.1) is 0 Å². The van der Waals surface area contributed by atoms with Gasteiger partial charge in [0, 0.05) is 41.2 Å². The van der Waals surface area contributed by atoms with Crippen LogP contribution in [0.4, 0.5) is 16.2 Å².